The number of hydrogen-bond acceptors (Lipinski definition) is 4. The zero-order valence-electron chi connectivity index (χ0n) is 5.41. The maximum Gasteiger partial charge on any atom is 2.00 e. The van der Waals surface area contributed by atoms with Crippen molar-refractivity contribution in [1.82, 2.24) is 0 Å². The van der Waals surface area contributed by atoms with E-state index < -0.39 is 0 Å². The second kappa shape index (κ2) is 244. The molecule has 0 radical (unpaired) electrons. The molecule has 0 aromatic carbocycles. The quantitative estimate of drug-likeness (QED) is 0.295. The van der Waals surface area contributed by atoms with Crippen LogP contribution in [0.25, 0.3) is 0 Å². The SMILES string of the molecule is O.O.O.P.[Ca+2].[Mg+2].[OH-].[OH-].[OH-].[OH-]. The molecular formula is H13CaMgO7P. The molecule has 0 aliphatic carbocycles. The molecule has 0 fully saturated rings. The van der Waals surface area contributed by atoms with Crippen LogP contribution in [0.4, 0.5) is 0 Å². The Balaban J connectivity index is 0. The molecule has 10 heteroatoms. The van der Waals surface area contributed by atoms with Crippen molar-refractivity contribution in [3.63, 3.8) is 0 Å². The molecular weight excluding hydrogens is 207 g/mol. The minimum atomic E-state index is 0. The first-order valence-corrected chi connectivity index (χ1v) is 0. The molecule has 0 saturated heterocycles. The monoisotopic (exact) mass is 220 g/mol. The summed E-state index contributed by atoms with van der Waals surface area (Å²) in [6.45, 7) is 0. The first kappa shape index (κ1) is 321. The van der Waals surface area contributed by atoms with E-state index in [2.05, 4.69) is 0 Å². The van der Waals surface area contributed by atoms with Gasteiger partial charge in [-0.25, -0.2) is 0 Å². The van der Waals surface area contributed by atoms with E-state index in [1.54, 1.807) is 0 Å². The average molecular weight is 220 g/mol. The maximum atomic E-state index is 0. The van der Waals surface area contributed by atoms with E-state index in [4.69, 9.17) is 0 Å². The van der Waals surface area contributed by atoms with Crippen LogP contribution in [0.2, 0.25) is 0 Å². The van der Waals surface area contributed by atoms with Crippen LogP contribution in [-0.4, -0.2) is 99.1 Å². The molecule has 0 aromatic rings. The Morgan fingerprint density at radius 1 is 0.500 bits per heavy atom. The maximum absolute atomic E-state index is 0. The van der Waals surface area contributed by atoms with Crippen molar-refractivity contribution in [1.29, 1.82) is 0 Å². The van der Waals surface area contributed by atoms with Crippen molar-refractivity contribution >= 4 is 70.7 Å². The minimum absolute atomic E-state index is 0. The Hall–Kier alpha value is 2.18. The second-order valence-corrected chi connectivity index (χ2v) is 0. The van der Waals surface area contributed by atoms with Crippen molar-refractivity contribution < 1.29 is 38.3 Å². The van der Waals surface area contributed by atoms with Crippen molar-refractivity contribution in [2.75, 3.05) is 0 Å². The Bertz CT molecular complexity index is 13.6. The van der Waals surface area contributed by atoms with Gasteiger partial charge >= 0.3 is 60.8 Å². The van der Waals surface area contributed by atoms with E-state index >= 15 is 0 Å². The molecule has 0 aliphatic rings. The van der Waals surface area contributed by atoms with Crippen LogP contribution in [0.5, 0.6) is 0 Å². The summed E-state index contributed by atoms with van der Waals surface area (Å²) in [7, 11) is 0. The van der Waals surface area contributed by atoms with Gasteiger partial charge in [-0.15, -0.1) is 0 Å². The molecule has 0 spiro atoms. The van der Waals surface area contributed by atoms with Crippen LogP contribution in [-0.2, 0) is 0 Å². The van der Waals surface area contributed by atoms with Crippen LogP contribution in [0.1, 0.15) is 0 Å². The zero-order chi connectivity index (χ0) is 0. The number of rotatable bonds is 0. The predicted octanol–water partition coefficient (Wildman–Crippen LogP) is -3.88. The van der Waals surface area contributed by atoms with Crippen molar-refractivity contribution in [3.05, 3.63) is 0 Å². The normalized spacial score (nSPS) is 0. The molecule has 0 saturated carbocycles. The summed E-state index contributed by atoms with van der Waals surface area (Å²) in [5, 5.41) is 0. The molecule has 1 atom stereocenters. The molecule has 0 bridgehead atoms. The van der Waals surface area contributed by atoms with Crippen LogP contribution in [0.15, 0.2) is 0 Å². The van der Waals surface area contributed by atoms with E-state index in [0.717, 1.165) is 0 Å². The van der Waals surface area contributed by atoms with Crippen molar-refractivity contribution in [2.45, 2.75) is 0 Å². The van der Waals surface area contributed by atoms with E-state index in [-0.39, 0.29) is 109 Å². The summed E-state index contributed by atoms with van der Waals surface area (Å²) >= 11 is 0. The van der Waals surface area contributed by atoms with Gasteiger partial charge in [-0.2, -0.15) is 9.90 Å². The van der Waals surface area contributed by atoms with Crippen LogP contribution < -0.4 is 0 Å². The molecule has 1 unspecified atom stereocenters. The number of hydrogen-bond donors (Lipinski definition) is 0. The van der Waals surface area contributed by atoms with E-state index in [1.807, 2.05) is 0 Å². The molecule has 0 rings (SSSR count). The summed E-state index contributed by atoms with van der Waals surface area (Å²) in [6, 6.07) is 0. The Morgan fingerprint density at radius 3 is 0.500 bits per heavy atom. The Kier molecular flexibility index (Phi) is 7850. The fourth-order valence-electron chi connectivity index (χ4n) is 0. The standard InChI is InChI=1S/Ca.Mg.7H2O.H3P/h;;7*1H2;1H3/q2*+2;;;;;;;;/p-4. The summed E-state index contributed by atoms with van der Waals surface area (Å²) in [5.41, 5.74) is 0. The largest absolute Gasteiger partial charge is 2.00 e. The smallest absolute Gasteiger partial charge is 0.870 e. The Morgan fingerprint density at radius 2 is 0.500 bits per heavy atom. The Labute approximate surface area is 108 Å². The molecule has 0 heterocycles. The van der Waals surface area contributed by atoms with Gasteiger partial charge in [-0.1, -0.05) is 0 Å². The third-order valence-corrected chi connectivity index (χ3v) is 0. The van der Waals surface area contributed by atoms with E-state index in [1.165, 1.54) is 0 Å². The molecule has 0 aliphatic heterocycles. The van der Waals surface area contributed by atoms with Gasteiger partial charge in [-0.3, -0.25) is 0 Å². The minimum Gasteiger partial charge on any atom is -0.870 e. The van der Waals surface area contributed by atoms with Crippen molar-refractivity contribution in [2.24, 2.45) is 0 Å². The van der Waals surface area contributed by atoms with Gasteiger partial charge in [0.1, 0.15) is 0 Å². The first-order valence-electron chi connectivity index (χ1n) is 0. The van der Waals surface area contributed by atoms with Crippen LogP contribution in [0.3, 0.4) is 0 Å². The third-order valence-electron chi connectivity index (χ3n) is 0. The summed E-state index contributed by atoms with van der Waals surface area (Å²) < 4.78 is 0. The fourth-order valence-corrected chi connectivity index (χ4v) is 0. The zero-order valence-corrected chi connectivity index (χ0v) is 10.4. The topological polar surface area (TPSA) is 214 Å². The van der Waals surface area contributed by atoms with Gasteiger partial charge in [0.25, 0.3) is 0 Å². The molecule has 64 valence electrons. The van der Waals surface area contributed by atoms with E-state index in [9.17, 15) is 0 Å². The molecule has 7 nitrogen and oxygen atoms in total. The summed E-state index contributed by atoms with van der Waals surface area (Å²) in [4.78, 5) is 0. The van der Waals surface area contributed by atoms with Crippen LogP contribution >= 0.6 is 9.90 Å². The van der Waals surface area contributed by atoms with Gasteiger partial charge < -0.3 is 38.3 Å². The van der Waals surface area contributed by atoms with Gasteiger partial charge in [0.2, 0.25) is 0 Å². The van der Waals surface area contributed by atoms with Gasteiger partial charge in [-0.05, 0) is 0 Å². The van der Waals surface area contributed by atoms with Gasteiger partial charge in [0.15, 0.2) is 0 Å². The summed E-state index contributed by atoms with van der Waals surface area (Å²) in [5.74, 6) is 0. The molecule has 10 N–H and O–H groups in total. The first-order chi connectivity index (χ1) is 0. The van der Waals surface area contributed by atoms with Crippen LogP contribution in [0, 0.1) is 0 Å². The molecule has 10 heavy (non-hydrogen) atoms. The molecule has 0 amide bonds. The van der Waals surface area contributed by atoms with Gasteiger partial charge in [0, 0.05) is 0 Å². The third kappa shape index (κ3) is 181. The fraction of sp³-hybridized carbons (Fsp3) is 0. The van der Waals surface area contributed by atoms with Gasteiger partial charge in [0.05, 0.1) is 0 Å². The predicted molar refractivity (Wildman–Crippen MR) is 41.2 cm³/mol. The summed E-state index contributed by atoms with van der Waals surface area (Å²) in [6.07, 6.45) is 0. The van der Waals surface area contributed by atoms with E-state index in [0.29, 0.717) is 0 Å². The van der Waals surface area contributed by atoms with Crippen molar-refractivity contribution in [3.8, 4) is 0 Å². The molecule has 0 aromatic heterocycles. The second-order valence-electron chi connectivity index (χ2n) is 0. The average Bonchev–Trinajstić information content (AvgIpc) is 0.